The fraction of sp³-hybridized carbons (Fsp3) is 0.0455. The number of nitrogens with one attached hydrogen (secondary N) is 1. The summed E-state index contributed by atoms with van der Waals surface area (Å²) in [6, 6.07) is 18.1. The molecule has 0 fully saturated rings. The lowest BCUT2D eigenvalue weighted by molar-refractivity contribution is -0.384. The number of amides is 1. The molecule has 0 aliphatic heterocycles. The van der Waals surface area contributed by atoms with Crippen molar-refractivity contribution in [3.8, 4) is 11.6 Å². The van der Waals surface area contributed by atoms with Crippen molar-refractivity contribution in [3.63, 3.8) is 0 Å². The van der Waals surface area contributed by atoms with Gasteiger partial charge in [-0.3, -0.25) is 14.9 Å². The molecule has 0 atom stereocenters. The van der Waals surface area contributed by atoms with Gasteiger partial charge in [-0.1, -0.05) is 18.2 Å². The number of rotatable bonds is 5. The Bertz CT molecular complexity index is 1250. The van der Waals surface area contributed by atoms with Crippen LogP contribution in [-0.2, 0) is 0 Å². The van der Waals surface area contributed by atoms with Crippen LogP contribution in [0.15, 0.2) is 73.1 Å². The highest BCUT2D eigenvalue weighted by atomic mass is 16.6. The van der Waals surface area contributed by atoms with Crippen LogP contribution < -0.4 is 10.1 Å². The van der Waals surface area contributed by atoms with E-state index in [2.05, 4.69) is 15.3 Å². The Morgan fingerprint density at radius 3 is 2.57 bits per heavy atom. The van der Waals surface area contributed by atoms with Gasteiger partial charge in [0.15, 0.2) is 0 Å². The molecule has 1 heterocycles. The van der Waals surface area contributed by atoms with E-state index >= 15 is 0 Å². The van der Waals surface area contributed by atoms with E-state index < -0.39 is 10.8 Å². The Morgan fingerprint density at radius 1 is 1.03 bits per heavy atom. The number of nitro benzene ring substituents is 1. The highest BCUT2D eigenvalue weighted by molar-refractivity contribution is 6.04. The minimum Gasteiger partial charge on any atom is -0.438 e. The molecular formula is C22H16N4O4. The molecule has 1 N–H and O–H groups in total. The van der Waals surface area contributed by atoms with Crippen molar-refractivity contribution in [2.45, 2.75) is 6.92 Å². The number of anilines is 1. The topological polar surface area (TPSA) is 107 Å². The van der Waals surface area contributed by atoms with Crippen LogP contribution in [0.25, 0.3) is 10.9 Å². The van der Waals surface area contributed by atoms with E-state index in [1.165, 1.54) is 30.6 Å². The number of non-ortho nitro benzene ring substituents is 1. The van der Waals surface area contributed by atoms with Crippen LogP contribution in [0.4, 0.5) is 11.4 Å². The predicted octanol–water partition coefficient (Wildman–Crippen LogP) is 4.89. The number of hydrogen-bond donors (Lipinski definition) is 1. The quantitative estimate of drug-likeness (QED) is 0.377. The minimum absolute atomic E-state index is 0.140. The van der Waals surface area contributed by atoms with Crippen LogP contribution in [0.2, 0.25) is 0 Å². The molecule has 8 nitrogen and oxygen atoms in total. The van der Waals surface area contributed by atoms with Crippen molar-refractivity contribution < 1.29 is 14.5 Å². The van der Waals surface area contributed by atoms with Gasteiger partial charge in [-0.25, -0.2) is 9.97 Å². The summed E-state index contributed by atoms with van der Waals surface area (Å²) in [5.74, 6) is 0.558. The third kappa shape index (κ3) is 3.93. The molecular weight excluding hydrogens is 384 g/mol. The molecule has 0 saturated heterocycles. The van der Waals surface area contributed by atoms with E-state index in [1.54, 1.807) is 24.3 Å². The van der Waals surface area contributed by atoms with Gasteiger partial charge in [0.1, 0.15) is 12.1 Å². The molecule has 8 heteroatoms. The molecule has 30 heavy (non-hydrogen) atoms. The van der Waals surface area contributed by atoms with Crippen molar-refractivity contribution in [2.75, 3.05) is 5.32 Å². The molecule has 0 saturated carbocycles. The highest BCUT2D eigenvalue weighted by Gasteiger charge is 2.12. The van der Waals surface area contributed by atoms with E-state index in [4.69, 9.17) is 4.74 Å². The summed E-state index contributed by atoms with van der Waals surface area (Å²) in [6.45, 7) is 1.96. The van der Waals surface area contributed by atoms with Crippen LogP contribution in [0, 0.1) is 17.0 Å². The monoisotopic (exact) mass is 400 g/mol. The van der Waals surface area contributed by atoms with E-state index in [0.29, 0.717) is 17.3 Å². The van der Waals surface area contributed by atoms with Gasteiger partial charge < -0.3 is 10.1 Å². The van der Waals surface area contributed by atoms with Crippen LogP contribution in [0.3, 0.4) is 0 Å². The van der Waals surface area contributed by atoms with Crippen molar-refractivity contribution in [3.05, 3.63) is 94.3 Å². The van der Waals surface area contributed by atoms with Gasteiger partial charge in [0.2, 0.25) is 5.88 Å². The first kappa shape index (κ1) is 19.0. The van der Waals surface area contributed by atoms with Crippen LogP contribution >= 0.6 is 0 Å². The zero-order chi connectivity index (χ0) is 21.1. The average Bonchev–Trinajstić information content (AvgIpc) is 2.75. The van der Waals surface area contributed by atoms with Gasteiger partial charge in [-0.2, -0.15) is 0 Å². The molecule has 0 bridgehead atoms. The number of ether oxygens (including phenoxy) is 1. The fourth-order valence-corrected chi connectivity index (χ4v) is 3.01. The largest absolute Gasteiger partial charge is 0.438 e. The standard InChI is InChI=1S/C22H16N4O4/c1-14-4-2-7-19-20(14)22(24-13-23-19)30-18-10-8-16(9-11-18)25-21(27)15-5-3-6-17(12-15)26(28)29/h2-13H,1H3,(H,25,27). The van der Waals surface area contributed by atoms with Crippen LogP contribution in [0.5, 0.6) is 11.6 Å². The maximum atomic E-state index is 12.4. The van der Waals surface area contributed by atoms with E-state index in [-0.39, 0.29) is 11.3 Å². The number of nitrogens with zero attached hydrogens (tertiary/aromatic N) is 3. The molecule has 0 unspecified atom stereocenters. The number of fused-ring (bicyclic) bond motifs is 1. The lowest BCUT2D eigenvalue weighted by Gasteiger charge is -2.10. The smallest absolute Gasteiger partial charge is 0.270 e. The number of carbonyl (C=O) groups is 1. The van der Waals surface area contributed by atoms with Gasteiger partial charge in [0.05, 0.1) is 15.8 Å². The fourth-order valence-electron chi connectivity index (χ4n) is 3.01. The highest BCUT2D eigenvalue weighted by Crippen LogP contribution is 2.29. The molecule has 0 radical (unpaired) electrons. The first-order valence-corrected chi connectivity index (χ1v) is 9.05. The Balaban J connectivity index is 1.51. The van der Waals surface area contributed by atoms with Crippen molar-refractivity contribution in [1.82, 2.24) is 9.97 Å². The number of benzene rings is 3. The summed E-state index contributed by atoms with van der Waals surface area (Å²) in [7, 11) is 0. The van der Waals surface area contributed by atoms with E-state index in [9.17, 15) is 14.9 Å². The second-order valence-electron chi connectivity index (χ2n) is 6.54. The SMILES string of the molecule is Cc1cccc2ncnc(Oc3ccc(NC(=O)c4cccc([N+](=O)[O-])c4)cc3)c12. The van der Waals surface area contributed by atoms with Gasteiger partial charge in [0, 0.05) is 23.4 Å². The van der Waals surface area contributed by atoms with Crippen molar-refractivity contribution in [1.29, 1.82) is 0 Å². The van der Waals surface area contributed by atoms with E-state index in [1.807, 2.05) is 25.1 Å². The second-order valence-corrected chi connectivity index (χ2v) is 6.54. The maximum Gasteiger partial charge on any atom is 0.270 e. The summed E-state index contributed by atoms with van der Waals surface area (Å²) in [4.78, 5) is 31.2. The zero-order valence-electron chi connectivity index (χ0n) is 15.9. The maximum absolute atomic E-state index is 12.4. The zero-order valence-corrected chi connectivity index (χ0v) is 15.9. The van der Waals surface area contributed by atoms with Crippen LogP contribution in [-0.4, -0.2) is 20.8 Å². The average molecular weight is 400 g/mol. The number of carbonyl (C=O) groups excluding carboxylic acids is 1. The van der Waals surface area contributed by atoms with Gasteiger partial charge in [0.25, 0.3) is 11.6 Å². The van der Waals surface area contributed by atoms with Crippen LogP contribution in [0.1, 0.15) is 15.9 Å². The lowest BCUT2D eigenvalue weighted by atomic mass is 10.1. The van der Waals surface area contributed by atoms with Crippen molar-refractivity contribution >= 4 is 28.2 Å². The summed E-state index contributed by atoms with van der Waals surface area (Å²) in [6.07, 6.45) is 1.45. The molecule has 0 aliphatic rings. The minimum atomic E-state index is -0.540. The van der Waals surface area contributed by atoms with Crippen molar-refractivity contribution in [2.24, 2.45) is 0 Å². The number of aryl methyl sites for hydroxylation is 1. The molecule has 0 aliphatic carbocycles. The first-order valence-electron chi connectivity index (χ1n) is 9.05. The normalized spacial score (nSPS) is 10.6. The lowest BCUT2D eigenvalue weighted by Crippen LogP contribution is -2.11. The summed E-state index contributed by atoms with van der Waals surface area (Å²) < 4.78 is 5.92. The first-order chi connectivity index (χ1) is 14.5. The molecule has 4 rings (SSSR count). The Kier molecular flexibility index (Phi) is 5.04. The molecule has 1 amide bonds. The second kappa shape index (κ2) is 7.96. The van der Waals surface area contributed by atoms with Gasteiger partial charge in [-0.05, 0) is 48.9 Å². The summed E-state index contributed by atoms with van der Waals surface area (Å²) >= 11 is 0. The van der Waals surface area contributed by atoms with E-state index in [0.717, 1.165) is 16.5 Å². The molecule has 1 aromatic heterocycles. The molecule has 4 aromatic rings. The number of hydrogen-bond acceptors (Lipinski definition) is 6. The Labute approximate surface area is 171 Å². The molecule has 0 spiro atoms. The van der Waals surface area contributed by atoms with Gasteiger partial charge >= 0.3 is 0 Å². The summed E-state index contributed by atoms with van der Waals surface area (Å²) in [5, 5.41) is 14.4. The van der Waals surface area contributed by atoms with Gasteiger partial charge in [-0.15, -0.1) is 0 Å². The Hall–Kier alpha value is -4.33. The third-order valence-electron chi connectivity index (χ3n) is 4.48. The third-order valence-corrected chi connectivity index (χ3v) is 4.48. The summed E-state index contributed by atoms with van der Waals surface area (Å²) in [5.41, 5.74) is 2.39. The molecule has 3 aromatic carbocycles. The molecule has 148 valence electrons. The predicted molar refractivity (Wildman–Crippen MR) is 112 cm³/mol. The Morgan fingerprint density at radius 2 is 1.80 bits per heavy atom. The number of aromatic nitrogens is 2. The number of nitro groups is 1.